The van der Waals surface area contributed by atoms with E-state index in [0.717, 1.165) is 6.54 Å². The molecule has 0 aliphatic carbocycles. The van der Waals surface area contributed by atoms with Crippen molar-refractivity contribution in [2.45, 2.75) is 12.6 Å². The molecule has 1 unspecified atom stereocenters. The molecule has 4 nitrogen and oxygen atoms in total. The molecule has 0 bridgehead atoms. The third-order valence-corrected chi connectivity index (χ3v) is 4.01. The standard InChI is InChI=1S/C14H16BrClFN3O/c1-19(2)5-6-20-13(11(16)8-18-20)14(21)9-3-4-12(17)10(15)7-9/h3-4,7-8,14,21H,5-6H2,1-2H3. The van der Waals surface area contributed by atoms with Gasteiger partial charge in [-0.1, -0.05) is 17.7 Å². The lowest BCUT2D eigenvalue weighted by Crippen LogP contribution is -2.21. The van der Waals surface area contributed by atoms with Crippen LogP contribution in [0.5, 0.6) is 0 Å². The van der Waals surface area contributed by atoms with Crippen molar-refractivity contribution in [1.29, 1.82) is 0 Å². The van der Waals surface area contributed by atoms with E-state index in [1.165, 1.54) is 18.3 Å². The van der Waals surface area contributed by atoms with Crippen molar-refractivity contribution >= 4 is 27.5 Å². The molecule has 1 aromatic carbocycles. The fraction of sp³-hybridized carbons (Fsp3) is 0.357. The Balaban J connectivity index is 2.31. The maximum atomic E-state index is 13.3. The molecule has 0 fully saturated rings. The molecular weight excluding hydrogens is 361 g/mol. The van der Waals surface area contributed by atoms with Crippen molar-refractivity contribution in [3.8, 4) is 0 Å². The minimum atomic E-state index is -0.959. The van der Waals surface area contributed by atoms with Crippen LogP contribution in [0.3, 0.4) is 0 Å². The number of aromatic nitrogens is 2. The molecule has 0 spiro atoms. The van der Waals surface area contributed by atoms with Gasteiger partial charge in [0.05, 0.1) is 27.9 Å². The first-order valence-corrected chi connectivity index (χ1v) is 7.56. The van der Waals surface area contributed by atoms with Gasteiger partial charge in [-0.25, -0.2) is 4.39 Å². The largest absolute Gasteiger partial charge is 0.382 e. The summed E-state index contributed by atoms with van der Waals surface area (Å²) in [5.74, 6) is -0.377. The Kier molecular flexibility index (Phi) is 5.37. The molecule has 0 aliphatic heterocycles. The number of rotatable bonds is 5. The summed E-state index contributed by atoms with van der Waals surface area (Å²) >= 11 is 9.25. The van der Waals surface area contributed by atoms with Gasteiger partial charge < -0.3 is 10.0 Å². The fourth-order valence-electron chi connectivity index (χ4n) is 1.96. The SMILES string of the molecule is CN(C)CCn1ncc(Cl)c1C(O)c1ccc(F)c(Br)c1. The number of nitrogens with zero attached hydrogens (tertiary/aromatic N) is 3. The van der Waals surface area contributed by atoms with E-state index in [1.54, 1.807) is 10.7 Å². The summed E-state index contributed by atoms with van der Waals surface area (Å²) in [5, 5.41) is 15.1. The molecule has 1 heterocycles. The van der Waals surface area contributed by atoms with Gasteiger partial charge in [-0.15, -0.1) is 0 Å². The summed E-state index contributed by atoms with van der Waals surface area (Å²) in [6.45, 7) is 1.37. The van der Waals surface area contributed by atoms with E-state index < -0.39 is 6.10 Å². The van der Waals surface area contributed by atoms with E-state index in [2.05, 4.69) is 21.0 Å². The monoisotopic (exact) mass is 375 g/mol. The lowest BCUT2D eigenvalue weighted by molar-refractivity contribution is 0.205. The van der Waals surface area contributed by atoms with Gasteiger partial charge in [0.1, 0.15) is 11.9 Å². The summed E-state index contributed by atoms with van der Waals surface area (Å²) in [6, 6.07) is 4.38. The van der Waals surface area contributed by atoms with Crippen molar-refractivity contribution < 1.29 is 9.50 Å². The van der Waals surface area contributed by atoms with E-state index in [9.17, 15) is 9.50 Å². The van der Waals surface area contributed by atoms with Crippen molar-refractivity contribution in [3.63, 3.8) is 0 Å². The van der Waals surface area contributed by atoms with Gasteiger partial charge in [0.15, 0.2) is 0 Å². The third kappa shape index (κ3) is 3.83. The van der Waals surface area contributed by atoms with Gasteiger partial charge in [-0.3, -0.25) is 4.68 Å². The second-order valence-electron chi connectivity index (χ2n) is 4.98. The average molecular weight is 377 g/mol. The molecule has 114 valence electrons. The number of hydrogen-bond acceptors (Lipinski definition) is 3. The summed E-state index contributed by atoms with van der Waals surface area (Å²) in [5.41, 5.74) is 1.06. The quantitative estimate of drug-likeness (QED) is 0.872. The molecule has 0 aliphatic rings. The maximum Gasteiger partial charge on any atom is 0.137 e. The van der Waals surface area contributed by atoms with Crippen LogP contribution in [0.15, 0.2) is 28.9 Å². The minimum Gasteiger partial charge on any atom is -0.382 e. The molecule has 21 heavy (non-hydrogen) atoms. The van der Waals surface area contributed by atoms with Crippen molar-refractivity contribution in [2.75, 3.05) is 20.6 Å². The zero-order valence-corrected chi connectivity index (χ0v) is 14.1. The number of hydrogen-bond donors (Lipinski definition) is 1. The zero-order chi connectivity index (χ0) is 15.6. The molecule has 0 radical (unpaired) electrons. The summed E-state index contributed by atoms with van der Waals surface area (Å²) < 4.78 is 15.3. The molecule has 0 saturated heterocycles. The van der Waals surface area contributed by atoms with E-state index in [4.69, 9.17) is 11.6 Å². The highest BCUT2D eigenvalue weighted by Crippen LogP contribution is 2.30. The number of halogens is 3. The van der Waals surface area contributed by atoms with Crippen LogP contribution in [0.25, 0.3) is 0 Å². The second kappa shape index (κ2) is 6.87. The van der Waals surface area contributed by atoms with Gasteiger partial charge in [-0.2, -0.15) is 5.10 Å². The predicted octanol–water partition coefficient (Wildman–Crippen LogP) is 3.08. The molecule has 0 amide bonds. The Hall–Kier alpha value is -0.950. The molecular formula is C14H16BrClFN3O. The fourth-order valence-corrected chi connectivity index (χ4v) is 2.60. The van der Waals surface area contributed by atoms with Crippen molar-refractivity contribution in [1.82, 2.24) is 14.7 Å². The summed E-state index contributed by atoms with van der Waals surface area (Å²) in [4.78, 5) is 2.01. The normalized spacial score (nSPS) is 12.9. The molecule has 1 N–H and O–H groups in total. The molecule has 1 aromatic heterocycles. The third-order valence-electron chi connectivity index (χ3n) is 3.11. The van der Waals surface area contributed by atoms with Crippen LogP contribution in [0.1, 0.15) is 17.4 Å². The Labute approximate surface area is 136 Å². The van der Waals surface area contributed by atoms with Gasteiger partial charge in [-0.05, 0) is 47.7 Å². The Morgan fingerprint density at radius 2 is 2.19 bits per heavy atom. The Morgan fingerprint density at radius 1 is 1.48 bits per heavy atom. The smallest absolute Gasteiger partial charge is 0.137 e. The summed E-state index contributed by atoms with van der Waals surface area (Å²) in [6.07, 6.45) is 0.549. The van der Waals surface area contributed by atoms with Crippen molar-refractivity contribution in [2.24, 2.45) is 0 Å². The highest BCUT2D eigenvalue weighted by Gasteiger charge is 2.20. The second-order valence-corrected chi connectivity index (χ2v) is 6.24. The van der Waals surface area contributed by atoms with Gasteiger partial charge in [0.2, 0.25) is 0 Å². The van der Waals surface area contributed by atoms with Crippen LogP contribution in [0.4, 0.5) is 4.39 Å². The van der Waals surface area contributed by atoms with Gasteiger partial charge >= 0.3 is 0 Å². The van der Waals surface area contributed by atoms with Crippen LogP contribution >= 0.6 is 27.5 Å². The number of aliphatic hydroxyl groups excluding tert-OH is 1. The molecule has 2 aromatic rings. The lowest BCUT2D eigenvalue weighted by Gasteiger charge is -2.16. The van der Waals surface area contributed by atoms with Crippen LogP contribution in [-0.4, -0.2) is 40.4 Å². The van der Waals surface area contributed by atoms with Crippen LogP contribution in [0.2, 0.25) is 5.02 Å². The minimum absolute atomic E-state index is 0.300. The number of aliphatic hydroxyl groups is 1. The number of benzene rings is 1. The van der Waals surface area contributed by atoms with E-state index in [0.29, 0.717) is 27.3 Å². The average Bonchev–Trinajstić information content (AvgIpc) is 2.80. The Bertz CT molecular complexity index is 633. The zero-order valence-electron chi connectivity index (χ0n) is 11.7. The first-order chi connectivity index (χ1) is 9.90. The predicted molar refractivity (Wildman–Crippen MR) is 84.0 cm³/mol. The first kappa shape index (κ1) is 16.4. The topological polar surface area (TPSA) is 41.3 Å². The first-order valence-electron chi connectivity index (χ1n) is 6.39. The maximum absolute atomic E-state index is 13.3. The molecule has 2 rings (SSSR count). The van der Waals surface area contributed by atoms with E-state index >= 15 is 0 Å². The van der Waals surface area contributed by atoms with E-state index in [-0.39, 0.29) is 5.82 Å². The van der Waals surface area contributed by atoms with Crippen molar-refractivity contribution in [3.05, 3.63) is 51.0 Å². The van der Waals surface area contributed by atoms with Crippen LogP contribution < -0.4 is 0 Å². The van der Waals surface area contributed by atoms with Gasteiger partial charge in [0.25, 0.3) is 0 Å². The van der Waals surface area contributed by atoms with Gasteiger partial charge in [0, 0.05) is 6.54 Å². The van der Waals surface area contributed by atoms with E-state index in [1.807, 2.05) is 19.0 Å². The highest BCUT2D eigenvalue weighted by atomic mass is 79.9. The molecule has 7 heteroatoms. The molecule has 0 saturated carbocycles. The summed E-state index contributed by atoms with van der Waals surface area (Å²) in [7, 11) is 3.91. The van der Waals surface area contributed by atoms with Crippen LogP contribution in [-0.2, 0) is 6.54 Å². The molecule has 1 atom stereocenters. The Morgan fingerprint density at radius 3 is 2.81 bits per heavy atom. The highest BCUT2D eigenvalue weighted by molar-refractivity contribution is 9.10. The lowest BCUT2D eigenvalue weighted by atomic mass is 10.1. The number of likely N-dealkylation sites (N-methyl/N-ethyl adjacent to an activating group) is 1. The van der Waals surface area contributed by atoms with Crippen LogP contribution in [0, 0.1) is 5.82 Å².